The van der Waals surface area contributed by atoms with E-state index in [2.05, 4.69) is 15.4 Å². The lowest BCUT2D eigenvalue weighted by atomic mass is 10.1. The summed E-state index contributed by atoms with van der Waals surface area (Å²) in [5, 5.41) is 6.92. The fourth-order valence-electron chi connectivity index (χ4n) is 3.75. The van der Waals surface area contributed by atoms with Gasteiger partial charge in [0.25, 0.3) is 11.8 Å². The van der Waals surface area contributed by atoms with Crippen molar-refractivity contribution in [1.82, 2.24) is 14.8 Å². The van der Waals surface area contributed by atoms with E-state index in [0.717, 1.165) is 13.2 Å². The fourth-order valence-corrected chi connectivity index (χ4v) is 3.75. The molecule has 33 heavy (non-hydrogen) atoms. The molecule has 0 saturated carbocycles. The Balaban J connectivity index is 1.69. The molecule has 0 bridgehead atoms. The summed E-state index contributed by atoms with van der Waals surface area (Å²) >= 11 is 0. The van der Waals surface area contributed by atoms with Crippen molar-refractivity contribution in [3.63, 3.8) is 0 Å². The summed E-state index contributed by atoms with van der Waals surface area (Å²) < 4.78 is 46.1. The van der Waals surface area contributed by atoms with Crippen molar-refractivity contribution in [2.45, 2.75) is 26.1 Å². The van der Waals surface area contributed by atoms with Crippen LogP contribution in [-0.2, 0) is 6.18 Å². The molecule has 2 aromatic heterocycles. The fraction of sp³-hybridized carbons (Fsp3) is 0.273. The van der Waals surface area contributed by atoms with Crippen LogP contribution < -0.4 is 15.0 Å². The molecule has 1 aliphatic heterocycles. The maximum atomic E-state index is 13.3. The van der Waals surface area contributed by atoms with Crippen molar-refractivity contribution in [3.05, 3.63) is 65.2 Å². The van der Waals surface area contributed by atoms with Gasteiger partial charge in [-0.15, -0.1) is 0 Å². The number of hydrogen-bond acceptors (Lipinski definition) is 5. The predicted molar refractivity (Wildman–Crippen MR) is 114 cm³/mol. The highest BCUT2D eigenvalue weighted by molar-refractivity contribution is 6.15. The lowest BCUT2D eigenvalue weighted by Gasteiger charge is -2.32. The topological polar surface area (TPSA) is 89.3 Å². The maximum Gasteiger partial charge on any atom is 0.419 e. The van der Waals surface area contributed by atoms with E-state index in [-0.39, 0.29) is 29.5 Å². The number of benzene rings is 1. The van der Waals surface area contributed by atoms with Crippen molar-refractivity contribution >= 4 is 23.2 Å². The number of aryl methyl sites for hydroxylation is 1. The summed E-state index contributed by atoms with van der Waals surface area (Å²) in [6.45, 7) is 3.73. The third-order valence-corrected chi connectivity index (χ3v) is 5.31. The maximum absolute atomic E-state index is 13.3. The molecule has 0 saturated heterocycles. The molecular weight excluding hydrogens is 439 g/mol. The molecule has 1 atom stereocenters. The predicted octanol–water partition coefficient (Wildman–Crippen LogP) is 4.09. The third kappa shape index (κ3) is 4.13. The second-order valence-corrected chi connectivity index (χ2v) is 7.64. The highest BCUT2D eigenvalue weighted by Gasteiger charge is 2.38. The molecule has 172 valence electrons. The molecule has 1 aromatic carbocycles. The third-order valence-electron chi connectivity index (χ3n) is 5.31. The van der Waals surface area contributed by atoms with Crippen LogP contribution in [0.5, 0.6) is 5.75 Å². The Hall–Kier alpha value is -3.89. The molecule has 11 heteroatoms. The van der Waals surface area contributed by atoms with Gasteiger partial charge in [-0.3, -0.25) is 19.3 Å². The number of methoxy groups -OCH3 is 1. The molecule has 0 aliphatic carbocycles. The normalized spacial score (nSPS) is 15.9. The number of alkyl halides is 3. The van der Waals surface area contributed by atoms with Gasteiger partial charge < -0.3 is 15.0 Å². The summed E-state index contributed by atoms with van der Waals surface area (Å²) in [6, 6.07) is 6.22. The first kappa shape index (κ1) is 22.3. The van der Waals surface area contributed by atoms with E-state index in [1.807, 2.05) is 0 Å². The molecule has 8 nitrogen and oxygen atoms in total. The molecule has 1 N–H and O–H groups in total. The summed E-state index contributed by atoms with van der Waals surface area (Å²) in [5.74, 6) is -1.48. The minimum Gasteiger partial charge on any atom is -0.496 e. The number of fused-ring (bicyclic) bond motifs is 1. The first-order valence-corrected chi connectivity index (χ1v) is 9.98. The number of halogens is 3. The second-order valence-electron chi connectivity index (χ2n) is 7.64. The van der Waals surface area contributed by atoms with Gasteiger partial charge in [0.1, 0.15) is 11.4 Å². The molecular formula is C22H20F3N5O3. The molecule has 0 unspecified atom stereocenters. The number of pyridine rings is 1. The summed E-state index contributed by atoms with van der Waals surface area (Å²) in [5.41, 5.74) is 0.607. The first-order chi connectivity index (χ1) is 15.6. The number of amides is 2. The van der Waals surface area contributed by atoms with E-state index in [9.17, 15) is 22.8 Å². The average Bonchev–Trinajstić information content (AvgIpc) is 3.21. The smallest absolute Gasteiger partial charge is 0.419 e. The zero-order valence-corrected chi connectivity index (χ0v) is 18.0. The average molecular weight is 459 g/mol. The number of carbonyl (C=O) groups is 2. The van der Waals surface area contributed by atoms with Crippen LogP contribution in [0.2, 0.25) is 0 Å². The Morgan fingerprint density at radius 2 is 2.00 bits per heavy atom. The van der Waals surface area contributed by atoms with Crippen LogP contribution in [0.1, 0.15) is 45.1 Å². The molecule has 4 rings (SSSR count). The van der Waals surface area contributed by atoms with Crippen LogP contribution in [0.15, 0.2) is 42.7 Å². The molecule has 3 aromatic rings. The van der Waals surface area contributed by atoms with Gasteiger partial charge in [-0.25, -0.2) is 0 Å². The van der Waals surface area contributed by atoms with Crippen LogP contribution in [0.4, 0.5) is 24.5 Å². The van der Waals surface area contributed by atoms with Crippen molar-refractivity contribution in [2.75, 3.05) is 23.9 Å². The Morgan fingerprint density at radius 3 is 2.67 bits per heavy atom. The van der Waals surface area contributed by atoms with Gasteiger partial charge in [0.05, 0.1) is 30.5 Å². The number of hydrogen-bond donors (Lipinski definition) is 1. The van der Waals surface area contributed by atoms with Crippen LogP contribution in [0.25, 0.3) is 0 Å². The summed E-state index contributed by atoms with van der Waals surface area (Å²) in [7, 11) is 1.13. The van der Waals surface area contributed by atoms with Gasteiger partial charge in [-0.2, -0.15) is 18.3 Å². The van der Waals surface area contributed by atoms with E-state index < -0.39 is 29.3 Å². The number of ether oxygens (including phenoxy) is 1. The number of aromatic nitrogens is 3. The number of rotatable bonds is 4. The summed E-state index contributed by atoms with van der Waals surface area (Å²) in [4.78, 5) is 31.6. The molecule has 0 radical (unpaired) electrons. The first-order valence-electron chi connectivity index (χ1n) is 9.98. The van der Waals surface area contributed by atoms with Gasteiger partial charge in [-0.1, -0.05) is 0 Å². The Kier molecular flexibility index (Phi) is 5.56. The molecule has 3 heterocycles. The second kappa shape index (κ2) is 8.23. The number of carbonyl (C=O) groups excluding carboxylic acids is 2. The molecule has 1 aliphatic rings. The van der Waals surface area contributed by atoms with Crippen molar-refractivity contribution < 1.29 is 27.5 Å². The number of anilines is 2. The van der Waals surface area contributed by atoms with E-state index in [0.29, 0.717) is 11.4 Å². The van der Waals surface area contributed by atoms with Crippen LogP contribution in [0.3, 0.4) is 0 Å². The van der Waals surface area contributed by atoms with Crippen molar-refractivity contribution in [1.29, 1.82) is 0 Å². The van der Waals surface area contributed by atoms with Crippen molar-refractivity contribution in [3.8, 4) is 5.75 Å². The van der Waals surface area contributed by atoms with Crippen LogP contribution in [-0.4, -0.2) is 40.2 Å². The van der Waals surface area contributed by atoms with Gasteiger partial charge in [0, 0.05) is 35.9 Å². The largest absolute Gasteiger partial charge is 0.496 e. The van der Waals surface area contributed by atoms with E-state index in [1.165, 1.54) is 27.9 Å². The Labute approximate surface area is 187 Å². The van der Waals surface area contributed by atoms with Gasteiger partial charge in [0.15, 0.2) is 0 Å². The Bertz CT molecular complexity index is 1240. The van der Waals surface area contributed by atoms with Gasteiger partial charge in [-0.05, 0) is 38.1 Å². The van der Waals surface area contributed by atoms with Crippen LogP contribution >= 0.6 is 0 Å². The molecule has 2 amide bonds. The highest BCUT2D eigenvalue weighted by atomic mass is 19.4. The summed E-state index contributed by atoms with van der Waals surface area (Å²) in [6.07, 6.45) is -1.74. The van der Waals surface area contributed by atoms with E-state index >= 15 is 0 Å². The number of nitrogens with one attached hydrogen (secondary N) is 1. The molecule has 0 spiro atoms. The minimum absolute atomic E-state index is 0.0518. The number of nitrogens with zero attached hydrogens (tertiary/aromatic N) is 4. The van der Waals surface area contributed by atoms with E-state index in [1.54, 1.807) is 32.2 Å². The quantitative estimate of drug-likeness (QED) is 0.635. The lowest BCUT2D eigenvalue weighted by molar-refractivity contribution is -0.138. The zero-order chi connectivity index (χ0) is 23.9. The Morgan fingerprint density at radius 1 is 1.24 bits per heavy atom. The van der Waals surface area contributed by atoms with Crippen LogP contribution in [0, 0.1) is 6.92 Å². The standard InChI is InChI=1S/C22H20F3N5O3/c1-12-8-14(6-7-26-12)28-20(31)16-10-27-30-13(2)11-29(21(32)19(16)30)15-4-5-17(22(23,24)25)18(9-15)33-3/h4-10,13H,11H2,1-3H3,(H,26,28,31)/t13-/m0/s1. The van der Waals surface area contributed by atoms with Gasteiger partial charge >= 0.3 is 6.18 Å². The lowest BCUT2D eigenvalue weighted by Crippen LogP contribution is -2.43. The van der Waals surface area contributed by atoms with E-state index in [4.69, 9.17) is 4.74 Å². The van der Waals surface area contributed by atoms with Crippen molar-refractivity contribution in [2.24, 2.45) is 0 Å². The minimum atomic E-state index is -4.60. The monoisotopic (exact) mass is 459 g/mol. The zero-order valence-electron chi connectivity index (χ0n) is 18.0. The molecule has 0 fully saturated rings. The highest BCUT2D eigenvalue weighted by Crippen LogP contribution is 2.39. The SMILES string of the molecule is COc1cc(N2C[C@H](C)n3ncc(C(=O)Nc4ccnc(C)c4)c3C2=O)ccc1C(F)(F)F. The van der Waals surface area contributed by atoms with Gasteiger partial charge in [0.2, 0.25) is 0 Å².